The summed E-state index contributed by atoms with van der Waals surface area (Å²) in [4.78, 5) is 12.1. The van der Waals surface area contributed by atoms with Gasteiger partial charge in [-0.2, -0.15) is 0 Å². The molecule has 5 nitrogen and oxygen atoms in total. The highest BCUT2D eigenvalue weighted by Gasteiger charge is 2.77. The number of hydrogen-bond acceptors (Lipinski definition) is 4. The summed E-state index contributed by atoms with van der Waals surface area (Å²) in [6.07, 6.45) is 3.43. The molecule has 0 aromatic heterocycles. The van der Waals surface area contributed by atoms with Crippen molar-refractivity contribution in [3.05, 3.63) is 23.8 Å². The fourth-order valence-corrected chi connectivity index (χ4v) is 7.38. The predicted molar refractivity (Wildman–Crippen MR) is 101 cm³/mol. The number of allylic oxidation sites excluding steroid dienone is 4. The minimum atomic E-state index is -2.07. The lowest BCUT2D eigenvalue weighted by Crippen LogP contribution is -2.70. The number of alkyl halides is 2. The Morgan fingerprint density at radius 1 is 1.31 bits per heavy atom. The zero-order chi connectivity index (χ0) is 21.4. The number of halogens is 2. The van der Waals surface area contributed by atoms with Gasteiger partial charge in [-0.05, 0) is 50.0 Å². The van der Waals surface area contributed by atoms with Gasteiger partial charge < -0.3 is 20.1 Å². The van der Waals surface area contributed by atoms with Gasteiger partial charge in [0.1, 0.15) is 13.0 Å². The van der Waals surface area contributed by atoms with Gasteiger partial charge in [0, 0.05) is 16.7 Å². The SMILES string of the molecule is C[C@@H]1CC2C3C[C@H](F)C4=CCC=C[C@]4(C)[C@@]3(F)[C@@H](OCO)C[C@]2(C)[C@@]1(O)C(=O)O. The molecule has 0 saturated heterocycles. The molecule has 0 aromatic rings. The second kappa shape index (κ2) is 6.34. The standard InChI is InChI=1S/C22H30F2O5/c1-12-8-14-15-9-16(23)13-6-4-5-7-19(13,2)21(15,24)17(29-11-25)10-20(14,3)22(12,28)18(26)27/h5-7,12,14-17,25,28H,4,8-11H2,1-3H3,(H,26,27)/t12-,14?,15?,16+,17+,19+,20+,21+,22+/m1/s1. The van der Waals surface area contributed by atoms with Crippen LogP contribution in [-0.4, -0.2) is 51.6 Å². The zero-order valence-corrected chi connectivity index (χ0v) is 17.1. The van der Waals surface area contributed by atoms with Crippen LogP contribution in [0.3, 0.4) is 0 Å². The fraction of sp³-hybridized carbons (Fsp3) is 0.773. The Balaban J connectivity index is 1.91. The first-order valence-electron chi connectivity index (χ1n) is 10.4. The summed E-state index contributed by atoms with van der Waals surface area (Å²) >= 11 is 0. The summed E-state index contributed by atoms with van der Waals surface area (Å²) in [6.45, 7) is 4.25. The maximum atomic E-state index is 17.2. The second-order valence-electron chi connectivity index (χ2n) is 9.80. The molecule has 3 N–H and O–H groups in total. The molecule has 2 unspecified atom stereocenters. The average Bonchev–Trinajstić information content (AvgIpc) is 2.86. The van der Waals surface area contributed by atoms with Crippen LogP contribution < -0.4 is 0 Å². The third-order valence-electron chi connectivity index (χ3n) is 8.83. The summed E-state index contributed by atoms with van der Waals surface area (Å²) in [5.74, 6) is -3.32. The summed E-state index contributed by atoms with van der Waals surface area (Å²) in [7, 11) is 0. The van der Waals surface area contributed by atoms with Crippen molar-refractivity contribution in [2.75, 3.05) is 6.79 Å². The van der Waals surface area contributed by atoms with Crippen LogP contribution in [0.5, 0.6) is 0 Å². The van der Waals surface area contributed by atoms with E-state index in [1.165, 1.54) is 0 Å². The Morgan fingerprint density at radius 2 is 2.00 bits per heavy atom. The number of carbonyl (C=O) groups is 1. The molecule has 162 valence electrons. The van der Waals surface area contributed by atoms with Gasteiger partial charge in [0.25, 0.3) is 0 Å². The van der Waals surface area contributed by atoms with E-state index in [1.54, 1.807) is 32.9 Å². The van der Waals surface area contributed by atoms with Crippen LogP contribution in [0.25, 0.3) is 0 Å². The quantitative estimate of drug-likeness (QED) is 0.490. The third-order valence-corrected chi connectivity index (χ3v) is 8.83. The second-order valence-corrected chi connectivity index (χ2v) is 9.80. The van der Waals surface area contributed by atoms with Crippen molar-refractivity contribution in [3.8, 4) is 0 Å². The first kappa shape index (κ1) is 20.9. The number of aliphatic carboxylic acids is 1. The summed E-state index contributed by atoms with van der Waals surface area (Å²) in [5, 5.41) is 30.6. The number of rotatable bonds is 3. The first-order valence-corrected chi connectivity index (χ1v) is 10.4. The van der Waals surface area contributed by atoms with Crippen LogP contribution >= 0.6 is 0 Å². The average molecular weight is 412 g/mol. The van der Waals surface area contributed by atoms with Gasteiger partial charge in [-0.25, -0.2) is 13.6 Å². The Bertz CT molecular complexity index is 783. The third kappa shape index (κ3) is 2.27. The van der Waals surface area contributed by atoms with Crippen molar-refractivity contribution in [3.63, 3.8) is 0 Å². The highest BCUT2D eigenvalue weighted by molar-refractivity contribution is 5.79. The van der Waals surface area contributed by atoms with Crippen molar-refractivity contribution < 1.29 is 33.6 Å². The normalized spacial score (nSPS) is 53.6. The van der Waals surface area contributed by atoms with Crippen LogP contribution in [0.15, 0.2) is 23.8 Å². The first-order chi connectivity index (χ1) is 13.5. The Labute approximate surface area is 169 Å². The number of ether oxygens (including phenoxy) is 1. The lowest BCUT2D eigenvalue weighted by atomic mass is 9.44. The molecule has 0 aliphatic heterocycles. The van der Waals surface area contributed by atoms with E-state index in [2.05, 4.69) is 0 Å². The number of carboxylic acid groups (broad SMARTS) is 1. The van der Waals surface area contributed by atoms with Crippen molar-refractivity contribution in [1.82, 2.24) is 0 Å². The van der Waals surface area contributed by atoms with Gasteiger partial charge in [0.15, 0.2) is 11.3 Å². The predicted octanol–water partition coefficient (Wildman–Crippen LogP) is 3.16. The van der Waals surface area contributed by atoms with Gasteiger partial charge in [-0.15, -0.1) is 0 Å². The van der Waals surface area contributed by atoms with E-state index in [9.17, 15) is 20.1 Å². The van der Waals surface area contributed by atoms with Gasteiger partial charge in [-0.3, -0.25) is 0 Å². The molecule has 3 saturated carbocycles. The van der Waals surface area contributed by atoms with Crippen LogP contribution in [0.1, 0.15) is 46.5 Å². The van der Waals surface area contributed by atoms with Crippen LogP contribution in [0, 0.1) is 28.6 Å². The fourth-order valence-electron chi connectivity index (χ4n) is 7.38. The van der Waals surface area contributed by atoms with E-state index in [4.69, 9.17) is 4.74 Å². The van der Waals surface area contributed by atoms with E-state index in [0.717, 1.165) is 0 Å². The van der Waals surface area contributed by atoms with Crippen molar-refractivity contribution in [2.24, 2.45) is 28.6 Å². The number of aliphatic hydroxyl groups is 2. The molecule has 7 heteroatoms. The minimum absolute atomic E-state index is 0.0635. The molecular formula is C22H30F2O5. The molecule has 0 amide bonds. The number of carboxylic acids is 1. The van der Waals surface area contributed by atoms with Crippen molar-refractivity contribution in [2.45, 2.75) is 70.0 Å². The molecule has 0 spiro atoms. The molecule has 0 aromatic carbocycles. The van der Waals surface area contributed by atoms with E-state index >= 15 is 8.78 Å². The zero-order valence-electron chi connectivity index (χ0n) is 17.1. The summed E-state index contributed by atoms with van der Waals surface area (Å²) < 4.78 is 38.0. The molecule has 4 rings (SSSR count). The van der Waals surface area contributed by atoms with E-state index in [1.807, 2.05) is 6.08 Å². The van der Waals surface area contributed by atoms with Gasteiger partial charge >= 0.3 is 5.97 Å². The van der Waals surface area contributed by atoms with Crippen LogP contribution in [-0.2, 0) is 9.53 Å². The molecule has 0 radical (unpaired) electrons. The monoisotopic (exact) mass is 412 g/mol. The van der Waals surface area contributed by atoms with Gasteiger partial charge in [-0.1, -0.05) is 32.1 Å². The largest absolute Gasteiger partial charge is 0.479 e. The van der Waals surface area contributed by atoms with Crippen molar-refractivity contribution >= 4 is 5.97 Å². The maximum Gasteiger partial charge on any atom is 0.336 e. The molecule has 0 heterocycles. The lowest BCUT2D eigenvalue weighted by molar-refractivity contribution is -0.251. The molecule has 0 bridgehead atoms. The smallest absolute Gasteiger partial charge is 0.336 e. The minimum Gasteiger partial charge on any atom is -0.479 e. The lowest BCUT2D eigenvalue weighted by Gasteiger charge is -2.63. The molecule has 4 aliphatic carbocycles. The van der Waals surface area contributed by atoms with E-state index in [-0.39, 0.29) is 12.8 Å². The topological polar surface area (TPSA) is 87.0 Å². The highest BCUT2D eigenvalue weighted by Crippen LogP contribution is 2.71. The number of fused-ring (bicyclic) bond motifs is 5. The highest BCUT2D eigenvalue weighted by atomic mass is 19.1. The Hall–Kier alpha value is -1.31. The maximum absolute atomic E-state index is 17.2. The summed E-state index contributed by atoms with van der Waals surface area (Å²) in [6, 6.07) is 0. The molecule has 29 heavy (non-hydrogen) atoms. The van der Waals surface area contributed by atoms with Gasteiger partial charge in [0.05, 0.1) is 6.10 Å². The molecular weight excluding hydrogens is 382 g/mol. The number of hydrogen-bond donors (Lipinski definition) is 3. The van der Waals surface area contributed by atoms with E-state index < -0.39 is 64.9 Å². The Morgan fingerprint density at radius 3 is 2.62 bits per heavy atom. The van der Waals surface area contributed by atoms with Crippen LogP contribution in [0.2, 0.25) is 0 Å². The molecule has 4 aliphatic rings. The van der Waals surface area contributed by atoms with Crippen LogP contribution in [0.4, 0.5) is 8.78 Å². The van der Waals surface area contributed by atoms with Crippen molar-refractivity contribution in [1.29, 1.82) is 0 Å². The van der Waals surface area contributed by atoms with E-state index in [0.29, 0.717) is 18.4 Å². The molecule has 9 atom stereocenters. The summed E-state index contributed by atoms with van der Waals surface area (Å²) in [5.41, 5.74) is -6.14. The Kier molecular flexibility index (Phi) is 4.58. The number of aliphatic hydroxyl groups excluding tert-OH is 1. The van der Waals surface area contributed by atoms with Gasteiger partial charge in [0.2, 0.25) is 0 Å². The molecule has 3 fully saturated rings.